The summed E-state index contributed by atoms with van der Waals surface area (Å²) >= 11 is 0. The van der Waals surface area contributed by atoms with Gasteiger partial charge in [-0.1, -0.05) is 13.0 Å². The monoisotopic (exact) mass is 281 g/mol. The first-order valence-corrected chi connectivity index (χ1v) is 7.40. The Kier molecular flexibility index (Phi) is 8.83. The normalized spacial score (nSPS) is 10.6. The zero-order chi connectivity index (χ0) is 14.6. The van der Waals surface area contributed by atoms with Gasteiger partial charge in [-0.3, -0.25) is 0 Å². The Labute approximate surface area is 122 Å². The number of ether oxygens (including phenoxy) is 3. The summed E-state index contributed by atoms with van der Waals surface area (Å²) < 4.78 is 16.5. The fourth-order valence-corrected chi connectivity index (χ4v) is 1.85. The molecule has 0 aliphatic carbocycles. The minimum Gasteiger partial charge on any atom is -0.490 e. The standard InChI is InChI=1S/C16H27NO3/c1-4-17-13-14-8-9-15(16(12-14)19-5-2)20-11-7-6-10-18-3/h8-9,12,17H,4-7,10-11,13H2,1-3H3. The highest BCUT2D eigenvalue weighted by atomic mass is 16.5. The van der Waals surface area contributed by atoms with Crippen molar-refractivity contribution in [3.05, 3.63) is 23.8 Å². The summed E-state index contributed by atoms with van der Waals surface area (Å²) in [5.74, 6) is 1.65. The van der Waals surface area contributed by atoms with Gasteiger partial charge in [-0.25, -0.2) is 0 Å². The molecule has 0 radical (unpaired) electrons. The smallest absolute Gasteiger partial charge is 0.161 e. The first kappa shape index (κ1) is 16.8. The van der Waals surface area contributed by atoms with Crippen LogP contribution in [0, 0.1) is 0 Å². The lowest BCUT2D eigenvalue weighted by Crippen LogP contribution is -2.12. The lowest BCUT2D eigenvalue weighted by molar-refractivity contribution is 0.183. The fourth-order valence-electron chi connectivity index (χ4n) is 1.85. The molecular weight excluding hydrogens is 254 g/mol. The van der Waals surface area contributed by atoms with Crippen molar-refractivity contribution in [1.29, 1.82) is 0 Å². The highest BCUT2D eigenvalue weighted by Gasteiger charge is 2.06. The Morgan fingerprint density at radius 2 is 1.80 bits per heavy atom. The van der Waals surface area contributed by atoms with E-state index in [2.05, 4.69) is 24.4 Å². The van der Waals surface area contributed by atoms with Gasteiger partial charge < -0.3 is 19.5 Å². The number of rotatable bonds is 11. The summed E-state index contributed by atoms with van der Waals surface area (Å²) in [6, 6.07) is 6.13. The minimum absolute atomic E-state index is 0.644. The molecule has 0 bridgehead atoms. The van der Waals surface area contributed by atoms with Gasteiger partial charge in [-0.15, -0.1) is 0 Å². The van der Waals surface area contributed by atoms with Crippen molar-refractivity contribution in [3.8, 4) is 11.5 Å². The quantitative estimate of drug-likeness (QED) is 0.633. The molecule has 0 atom stereocenters. The maximum absolute atomic E-state index is 5.79. The van der Waals surface area contributed by atoms with Crippen molar-refractivity contribution in [2.24, 2.45) is 0 Å². The molecule has 1 aromatic rings. The molecule has 20 heavy (non-hydrogen) atoms. The van der Waals surface area contributed by atoms with E-state index in [9.17, 15) is 0 Å². The van der Waals surface area contributed by atoms with Crippen molar-refractivity contribution in [2.45, 2.75) is 33.2 Å². The largest absolute Gasteiger partial charge is 0.490 e. The molecule has 4 heteroatoms. The van der Waals surface area contributed by atoms with Crippen molar-refractivity contribution >= 4 is 0 Å². The van der Waals surface area contributed by atoms with E-state index < -0.39 is 0 Å². The molecule has 0 heterocycles. The first-order valence-electron chi connectivity index (χ1n) is 7.40. The Morgan fingerprint density at radius 1 is 1.00 bits per heavy atom. The average molecular weight is 281 g/mol. The van der Waals surface area contributed by atoms with Gasteiger partial charge in [-0.2, -0.15) is 0 Å². The molecular formula is C16H27NO3. The van der Waals surface area contributed by atoms with Gasteiger partial charge in [0, 0.05) is 20.3 Å². The van der Waals surface area contributed by atoms with Crippen molar-refractivity contribution in [3.63, 3.8) is 0 Å². The summed E-state index contributed by atoms with van der Waals surface area (Å²) in [4.78, 5) is 0. The van der Waals surface area contributed by atoms with Gasteiger partial charge in [0.2, 0.25) is 0 Å². The third kappa shape index (κ3) is 6.26. The predicted molar refractivity (Wildman–Crippen MR) is 81.6 cm³/mol. The van der Waals surface area contributed by atoms with Crippen LogP contribution in [-0.2, 0) is 11.3 Å². The number of unbranched alkanes of at least 4 members (excludes halogenated alkanes) is 1. The zero-order valence-corrected chi connectivity index (χ0v) is 12.9. The van der Waals surface area contributed by atoms with Crippen LogP contribution in [-0.4, -0.2) is 33.5 Å². The van der Waals surface area contributed by atoms with Crippen LogP contribution >= 0.6 is 0 Å². The predicted octanol–water partition coefficient (Wildman–Crippen LogP) is 3.00. The molecule has 4 nitrogen and oxygen atoms in total. The molecule has 0 fully saturated rings. The number of hydrogen-bond acceptors (Lipinski definition) is 4. The van der Waals surface area contributed by atoms with Crippen molar-refractivity contribution in [2.75, 3.05) is 33.5 Å². The third-order valence-electron chi connectivity index (χ3n) is 2.89. The molecule has 1 N–H and O–H groups in total. The zero-order valence-electron chi connectivity index (χ0n) is 12.9. The van der Waals surface area contributed by atoms with Crippen LogP contribution in [0.25, 0.3) is 0 Å². The van der Waals surface area contributed by atoms with Crippen LogP contribution < -0.4 is 14.8 Å². The van der Waals surface area contributed by atoms with E-state index >= 15 is 0 Å². The van der Waals surface area contributed by atoms with E-state index in [0.29, 0.717) is 13.2 Å². The number of hydrogen-bond donors (Lipinski definition) is 1. The van der Waals surface area contributed by atoms with Crippen LogP contribution in [0.15, 0.2) is 18.2 Å². The topological polar surface area (TPSA) is 39.7 Å². The third-order valence-corrected chi connectivity index (χ3v) is 2.89. The minimum atomic E-state index is 0.644. The summed E-state index contributed by atoms with van der Waals surface area (Å²) in [5, 5.41) is 3.31. The molecule has 0 aliphatic rings. The number of benzene rings is 1. The van der Waals surface area contributed by atoms with E-state index in [1.807, 2.05) is 13.0 Å². The van der Waals surface area contributed by atoms with Gasteiger partial charge in [0.15, 0.2) is 11.5 Å². The summed E-state index contributed by atoms with van der Waals surface area (Å²) in [6.45, 7) is 8.01. The Bertz CT molecular complexity index is 369. The summed E-state index contributed by atoms with van der Waals surface area (Å²) in [7, 11) is 1.72. The van der Waals surface area contributed by atoms with Crippen molar-refractivity contribution in [1.82, 2.24) is 5.32 Å². The molecule has 0 amide bonds. The van der Waals surface area contributed by atoms with Crippen LogP contribution in [0.4, 0.5) is 0 Å². The van der Waals surface area contributed by atoms with Crippen LogP contribution in [0.2, 0.25) is 0 Å². The summed E-state index contributed by atoms with van der Waals surface area (Å²) in [5.41, 5.74) is 1.21. The lowest BCUT2D eigenvalue weighted by atomic mass is 10.2. The molecule has 0 saturated carbocycles. The van der Waals surface area contributed by atoms with E-state index in [0.717, 1.165) is 44.0 Å². The molecule has 114 valence electrons. The molecule has 0 saturated heterocycles. The van der Waals surface area contributed by atoms with E-state index in [-0.39, 0.29) is 0 Å². The lowest BCUT2D eigenvalue weighted by Gasteiger charge is -2.13. The second-order valence-electron chi connectivity index (χ2n) is 4.54. The second-order valence-corrected chi connectivity index (χ2v) is 4.54. The number of methoxy groups -OCH3 is 1. The molecule has 1 rings (SSSR count). The van der Waals surface area contributed by atoms with Gasteiger partial charge in [0.05, 0.1) is 13.2 Å². The molecule has 0 unspecified atom stereocenters. The Hall–Kier alpha value is -1.26. The highest BCUT2D eigenvalue weighted by Crippen LogP contribution is 2.28. The first-order chi connectivity index (χ1) is 9.81. The van der Waals surface area contributed by atoms with Crippen LogP contribution in [0.1, 0.15) is 32.3 Å². The van der Waals surface area contributed by atoms with E-state index in [1.54, 1.807) is 7.11 Å². The average Bonchev–Trinajstić information content (AvgIpc) is 2.47. The van der Waals surface area contributed by atoms with Gasteiger partial charge >= 0.3 is 0 Å². The van der Waals surface area contributed by atoms with Gasteiger partial charge in [-0.05, 0) is 44.0 Å². The Balaban J connectivity index is 2.54. The van der Waals surface area contributed by atoms with Crippen LogP contribution in [0.3, 0.4) is 0 Å². The fraction of sp³-hybridized carbons (Fsp3) is 0.625. The number of nitrogens with one attached hydrogen (secondary N) is 1. The van der Waals surface area contributed by atoms with E-state index in [4.69, 9.17) is 14.2 Å². The maximum Gasteiger partial charge on any atom is 0.161 e. The summed E-state index contributed by atoms with van der Waals surface area (Å²) in [6.07, 6.45) is 2.00. The highest BCUT2D eigenvalue weighted by molar-refractivity contribution is 5.43. The van der Waals surface area contributed by atoms with E-state index in [1.165, 1.54) is 5.56 Å². The van der Waals surface area contributed by atoms with Crippen LogP contribution in [0.5, 0.6) is 11.5 Å². The maximum atomic E-state index is 5.79. The van der Waals surface area contributed by atoms with Gasteiger partial charge in [0.25, 0.3) is 0 Å². The molecule has 0 aliphatic heterocycles. The molecule has 0 spiro atoms. The second kappa shape index (κ2) is 10.5. The van der Waals surface area contributed by atoms with Crippen molar-refractivity contribution < 1.29 is 14.2 Å². The van der Waals surface area contributed by atoms with Gasteiger partial charge in [0.1, 0.15) is 0 Å². The Morgan fingerprint density at radius 3 is 2.50 bits per heavy atom. The molecule has 0 aromatic heterocycles. The SMILES string of the molecule is CCNCc1ccc(OCCCCOC)c(OCC)c1. The molecule has 1 aromatic carbocycles.